The fraction of sp³-hybridized carbons (Fsp3) is 0.459. The second-order valence-electron chi connectivity index (χ2n) is 13.4. The van der Waals surface area contributed by atoms with Gasteiger partial charge in [-0.15, -0.1) is 5.10 Å². The third-order valence-corrected chi connectivity index (χ3v) is 10.2. The quantitative estimate of drug-likeness (QED) is 0.207. The second kappa shape index (κ2) is 14.2. The van der Waals surface area contributed by atoms with Crippen LogP contribution in [0.1, 0.15) is 50.7 Å². The molecule has 13 heteroatoms. The number of para-hydroxylation sites is 1. The van der Waals surface area contributed by atoms with Crippen molar-refractivity contribution in [3.05, 3.63) is 84.5 Å². The van der Waals surface area contributed by atoms with Gasteiger partial charge in [-0.05, 0) is 50.3 Å². The molecule has 4 aliphatic rings. The van der Waals surface area contributed by atoms with Crippen molar-refractivity contribution in [2.24, 2.45) is 11.8 Å². The van der Waals surface area contributed by atoms with Gasteiger partial charge in [0.15, 0.2) is 0 Å². The van der Waals surface area contributed by atoms with Crippen molar-refractivity contribution >= 4 is 34.7 Å². The number of fused-ring (bicyclic) bond motifs is 3. The molecule has 1 aromatic heterocycles. The molecule has 5 bridgehead atoms. The van der Waals surface area contributed by atoms with Crippen LogP contribution in [0.5, 0.6) is 0 Å². The summed E-state index contributed by atoms with van der Waals surface area (Å²) in [5.41, 5.74) is 0.735. The van der Waals surface area contributed by atoms with Crippen LogP contribution in [-0.2, 0) is 35.3 Å². The number of allylic oxidation sites excluding steroid dienone is 1. The Hall–Kier alpha value is -4.88. The van der Waals surface area contributed by atoms with Crippen molar-refractivity contribution in [2.45, 2.75) is 75.6 Å². The molecule has 2 fully saturated rings. The average Bonchev–Trinajstić information content (AvgIpc) is 3.87. The number of likely N-dealkylation sites (tertiary alicyclic amines) is 1. The molecule has 0 aliphatic carbocycles. The van der Waals surface area contributed by atoms with E-state index in [1.54, 1.807) is 33.6 Å². The maximum absolute atomic E-state index is 14.9. The van der Waals surface area contributed by atoms with Crippen LogP contribution in [0, 0.1) is 11.8 Å². The highest BCUT2D eigenvalue weighted by molar-refractivity contribution is 5.99. The number of unbranched alkanes of at least 4 members (excludes halogenated alkanes) is 2. The van der Waals surface area contributed by atoms with E-state index in [0.717, 1.165) is 5.52 Å². The average molecular weight is 683 g/mol. The molecule has 1 spiro atoms. The van der Waals surface area contributed by atoms with Crippen molar-refractivity contribution in [3.63, 3.8) is 0 Å². The van der Waals surface area contributed by atoms with Crippen LogP contribution in [0.15, 0.2) is 78.9 Å². The number of hydrogen-bond donors (Lipinski definition) is 2. The topological polar surface area (TPSA) is 156 Å². The molecule has 2 aromatic carbocycles. The van der Waals surface area contributed by atoms with Gasteiger partial charge in [0.05, 0.1) is 23.6 Å². The number of cyclic esters (lactones) is 1. The van der Waals surface area contributed by atoms with Gasteiger partial charge < -0.3 is 29.7 Å². The molecule has 5 heterocycles. The van der Waals surface area contributed by atoms with E-state index in [0.29, 0.717) is 36.8 Å². The Morgan fingerprint density at radius 2 is 1.78 bits per heavy atom. The first-order valence-electron chi connectivity index (χ1n) is 17.4. The Kier molecular flexibility index (Phi) is 9.52. The smallest absolute Gasteiger partial charge is 0.313 e. The molecule has 2 saturated heterocycles. The number of hydrogen-bond acceptors (Lipinski definition) is 9. The highest BCUT2D eigenvalue weighted by Crippen LogP contribution is 2.56. The summed E-state index contributed by atoms with van der Waals surface area (Å²) in [4.78, 5) is 59.9. The van der Waals surface area contributed by atoms with E-state index in [4.69, 9.17) is 9.47 Å². The first-order valence-corrected chi connectivity index (χ1v) is 17.4. The van der Waals surface area contributed by atoms with Gasteiger partial charge in [0, 0.05) is 26.1 Å². The van der Waals surface area contributed by atoms with E-state index in [2.05, 4.69) is 15.6 Å². The predicted molar refractivity (Wildman–Crippen MR) is 181 cm³/mol. The molecule has 7 atom stereocenters. The summed E-state index contributed by atoms with van der Waals surface area (Å²) in [5.74, 6) is -3.52. The Labute approximate surface area is 289 Å². The summed E-state index contributed by atoms with van der Waals surface area (Å²) in [5, 5.41) is 21.0. The van der Waals surface area contributed by atoms with E-state index in [9.17, 15) is 24.3 Å². The summed E-state index contributed by atoms with van der Waals surface area (Å²) < 4.78 is 14.4. The molecule has 0 saturated carbocycles. The SMILES string of the molecule is C[C@H]1NC(=O)CC/C=C\CN(Cn2nnc3ccccc32)C(=O)[C@@H]2N(CCCCCO)C(=O)[C@H]3[C@H](C(=O)O[C@@H]1c1ccccc1)[C@@H]1C=C[C@]23O1. The molecule has 7 rings (SSSR count). The van der Waals surface area contributed by atoms with E-state index < -0.39 is 47.7 Å². The number of aromatic nitrogens is 3. The third kappa shape index (κ3) is 6.09. The van der Waals surface area contributed by atoms with Gasteiger partial charge >= 0.3 is 5.97 Å². The Bertz CT molecular complexity index is 1810. The van der Waals surface area contributed by atoms with Crippen LogP contribution in [0.25, 0.3) is 11.0 Å². The number of carbonyl (C=O) groups is 4. The number of nitrogens with one attached hydrogen (secondary N) is 1. The molecule has 262 valence electrons. The van der Waals surface area contributed by atoms with Gasteiger partial charge in [0.25, 0.3) is 5.91 Å². The van der Waals surface area contributed by atoms with E-state index in [-0.39, 0.29) is 50.5 Å². The summed E-state index contributed by atoms with van der Waals surface area (Å²) >= 11 is 0. The number of ether oxygens (including phenoxy) is 2. The first kappa shape index (κ1) is 33.6. The fourth-order valence-electron chi connectivity index (χ4n) is 7.84. The number of aliphatic hydroxyl groups excluding tert-OH is 1. The number of benzene rings is 2. The Balaban J connectivity index is 1.28. The summed E-state index contributed by atoms with van der Waals surface area (Å²) in [6.45, 7) is 2.29. The molecule has 13 nitrogen and oxygen atoms in total. The lowest BCUT2D eigenvalue weighted by atomic mass is 9.74. The maximum atomic E-state index is 14.9. The lowest BCUT2D eigenvalue weighted by molar-refractivity contribution is -0.161. The van der Waals surface area contributed by atoms with Crippen molar-refractivity contribution < 1.29 is 33.8 Å². The Morgan fingerprint density at radius 3 is 2.60 bits per heavy atom. The zero-order chi connectivity index (χ0) is 34.8. The minimum atomic E-state index is -1.39. The van der Waals surface area contributed by atoms with Crippen LogP contribution in [0.3, 0.4) is 0 Å². The number of esters is 1. The van der Waals surface area contributed by atoms with Gasteiger partial charge in [-0.2, -0.15) is 0 Å². The predicted octanol–water partition coefficient (Wildman–Crippen LogP) is 2.67. The second-order valence-corrected chi connectivity index (χ2v) is 13.4. The van der Waals surface area contributed by atoms with Gasteiger partial charge in [0.1, 0.15) is 35.9 Å². The number of nitrogens with zero attached hydrogens (tertiary/aromatic N) is 5. The van der Waals surface area contributed by atoms with Gasteiger partial charge in [-0.25, -0.2) is 4.68 Å². The maximum Gasteiger partial charge on any atom is 0.313 e. The third-order valence-electron chi connectivity index (χ3n) is 10.2. The Morgan fingerprint density at radius 1 is 0.980 bits per heavy atom. The molecule has 3 aromatic rings. The molecule has 4 aliphatic heterocycles. The number of rotatable bonds is 8. The van der Waals surface area contributed by atoms with Gasteiger partial charge in [-0.3, -0.25) is 19.2 Å². The monoisotopic (exact) mass is 682 g/mol. The number of aliphatic hydroxyl groups is 1. The number of carbonyl (C=O) groups excluding carboxylic acids is 4. The first-order chi connectivity index (χ1) is 24.3. The molecule has 50 heavy (non-hydrogen) atoms. The number of amides is 3. The normalized spacial score (nSPS) is 30.5. The molecular formula is C37H42N6O7. The van der Waals surface area contributed by atoms with E-state index >= 15 is 0 Å². The lowest BCUT2D eigenvalue weighted by Gasteiger charge is -2.35. The highest BCUT2D eigenvalue weighted by Gasteiger charge is 2.73. The van der Waals surface area contributed by atoms with Gasteiger partial charge in [0.2, 0.25) is 11.8 Å². The summed E-state index contributed by atoms with van der Waals surface area (Å²) in [6, 6.07) is 15.0. The summed E-state index contributed by atoms with van der Waals surface area (Å²) in [6.07, 6.45) is 8.05. The molecular weight excluding hydrogens is 640 g/mol. The van der Waals surface area contributed by atoms with E-state index in [1.165, 1.54) is 0 Å². The van der Waals surface area contributed by atoms with Crippen LogP contribution >= 0.6 is 0 Å². The van der Waals surface area contributed by atoms with Crippen molar-refractivity contribution in [1.29, 1.82) is 0 Å². The largest absolute Gasteiger partial charge is 0.455 e. The van der Waals surface area contributed by atoms with Crippen LogP contribution in [-0.4, -0.2) is 97.1 Å². The van der Waals surface area contributed by atoms with Gasteiger partial charge in [-0.1, -0.05) is 72.0 Å². The van der Waals surface area contributed by atoms with Crippen molar-refractivity contribution in [2.75, 3.05) is 19.7 Å². The van der Waals surface area contributed by atoms with Crippen LogP contribution < -0.4 is 5.32 Å². The molecule has 0 unspecified atom stereocenters. The standard InChI is InChI=1S/C37H42N6O7/c1-24-32(25-13-5-2-6-14-25)49-36(48)30-28-18-19-37(50-28)31(30)34(46)42(21-11-4-12-22-44)33(37)35(47)41(20-10-3-7-17-29(45)38-24)23-43-27-16-9-8-15-26(27)39-40-43/h2-3,5-6,8-10,13-16,18-19,24,28,30-33,44H,4,7,11-12,17,20-23H2,1H3,(H,38,45)/b10-3-/t24-,28+,30-,31-,32+,33+,37-/m1/s1. The minimum Gasteiger partial charge on any atom is -0.455 e. The van der Waals surface area contributed by atoms with Crippen LogP contribution in [0.4, 0.5) is 0 Å². The zero-order valence-corrected chi connectivity index (χ0v) is 28.0. The highest BCUT2D eigenvalue weighted by atomic mass is 16.6. The molecule has 0 radical (unpaired) electrons. The van der Waals surface area contributed by atoms with Crippen molar-refractivity contribution in [1.82, 2.24) is 30.1 Å². The zero-order valence-electron chi connectivity index (χ0n) is 28.0. The lowest BCUT2D eigenvalue weighted by Crippen LogP contribution is -2.56. The molecule has 3 amide bonds. The minimum absolute atomic E-state index is 0.0255. The van der Waals surface area contributed by atoms with Crippen molar-refractivity contribution in [3.8, 4) is 0 Å². The van der Waals surface area contributed by atoms with E-state index in [1.807, 2.05) is 66.7 Å². The fourth-order valence-corrected chi connectivity index (χ4v) is 7.84. The molecule has 2 N–H and O–H groups in total. The van der Waals surface area contributed by atoms with Crippen LogP contribution in [0.2, 0.25) is 0 Å². The summed E-state index contributed by atoms with van der Waals surface area (Å²) in [7, 11) is 0.